The topological polar surface area (TPSA) is 114 Å². The summed E-state index contributed by atoms with van der Waals surface area (Å²) >= 11 is 0. The van der Waals surface area contributed by atoms with Crippen molar-refractivity contribution in [1.29, 1.82) is 0 Å². The van der Waals surface area contributed by atoms with Gasteiger partial charge in [0.2, 0.25) is 0 Å². The molecule has 2 heterocycles. The third-order valence-corrected chi connectivity index (χ3v) is 6.21. The van der Waals surface area contributed by atoms with Crippen LogP contribution >= 0.6 is 0 Å². The molecule has 0 aliphatic carbocycles. The molecule has 1 amide bonds. The van der Waals surface area contributed by atoms with Gasteiger partial charge in [0.25, 0.3) is 11.9 Å². The van der Waals surface area contributed by atoms with Crippen LogP contribution in [-0.4, -0.2) is 49.9 Å². The Balaban J connectivity index is 1.76. The molecule has 0 spiro atoms. The minimum absolute atomic E-state index is 0.0990. The molecule has 2 aromatic rings. The van der Waals surface area contributed by atoms with Gasteiger partial charge in [-0.3, -0.25) is 4.79 Å². The predicted octanol–water partition coefficient (Wildman–Crippen LogP) is 3.26. The Kier molecular flexibility index (Phi) is 7.10. The number of anilines is 2. The van der Waals surface area contributed by atoms with Gasteiger partial charge in [-0.1, -0.05) is 19.9 Å². The van der Waals surface area contributed by atoms with Crippen molar-refractivity contribution in [2.75, 3.05) is 31.6 Å². The number of amides is 1. The smallest absolute Gasteiger partial charge is 0.416 e. The van der Waals surface area contributed by atoms with Crippen molar-refractivity contribution < 1.29 is 35.5 Å². The van der Waals surface area contributed by atoms with Gasteiger partial charge in [0.05, 0.1) is 12.2 Å². The lowest BCUT2D eigenvalue weighted by Gasteiger charge is -2.18. The number of carbonyl (C=O) groups is 1. The summed E-state index contributed by atoms with van der Waals surface area (Å²) in [4.78, 5) is 16.2. The number of nitrogens with one attached hydrogen (secondary N) is 2. The van der Waals surface area contributed by atoms with E-state index in [0.29, 0.717) is 18.6 Å². The monoisotopic (exact) mass is 476 g/mol. The summed E-state index contributed by atoms with van der Waals surface area (Å²) in [7, 11) is -4.12. The molecule has 13 heteroatoms. The van der Waals surface area contributed by atoms with Gasteiger partial charge in [-0.05, 0) is 30.0 Å². The molecule has 1 aromatic heterocycles. The summed E-state index contributed by atoms with van der Waals surface area (Å²) in [6.45, 7) is 4.54. The molecule has 32 heavy (non-hydrogen) atoms. The molecule has 0 bridgehead atoms. The molecular formula is C19H23F3N4O5S. The maximum Gasteiger partial charge on any atom is 0.416 e. The average molecular weight is 476 g/mol. The molecular weight excluding hydrogens is 453 g/mol. The summed E-state index contributed by atoms with van der Waals surface area (Å²) in [6, 6.07) is 3.00. The van der Waals surface area contributed by atoms with E-state index < -0.39 is 27.9 Å². The van der Waals surface area contributed by atoms with Gasteiger partial charge in [-0.2, -0.15) is 30.9 Å². The molecule has 0 atom stereocenters. The van der Waals surface area contributed by atoms with Crippen molar-refractivity contribution >= 4 is 27.8 Å². The zero-order valence-electron chi connectivity index (χ0n) is 17.4. The number of halogens is 3. The molecule has 1 aliphatic rings. The molecule has 1 aromatic carbocycles. The lowest BCUT2D eigenvalue weighted by Crippen LogP contribution is -2.44. The number of alkyl halides is 3. The minimum atomic E-state index is -4.54. The highest BCUT2D eigenvalue weighted by Gasteiger charge is 2.31. The van der Waals surface area contributed by atoms with E-state index in [9.17, 15) is 26.4 Å². The van der Waals surface area contributed by atoms with Crippen molar-refractivity contribution in [3.05, 3.63) is 41.3 Å². The maximum atomic E-state index is 13.1. The molecule has 0 saturated carbocycles. The number of oxazole rings is 1. The number of nitrogens with zero attached hydrogens (tertiary/aromatic N) is 2. The number of ether oxygens (including phenoxy) is 1. The van der Waals surface area contributed by atoms with E-state index in [1.807, 2.05) is 4.72 Å². The molecule has 3 rings (SSSR count). The summed E-state index contributed by atoms with van der Waals surface area (Å²) in [6.07, 6.45) is -3.13. The summed E-state index contributed by atoms with van der Waals surface area (Å²) in [5.41, 5.74) is -0.518. The highest BCUT2D eigenvalue weighted by Crippen LogP contribution is 2.35. The molecule has 176 valence electrons. The molecule has 1 saturated heterocycles. The van der Waals surface area contributed by atoms with Crippen molar-refractivity contribution in [1.82, 2.24) is 14.0 Å². The van der Waals surface area contributed by atoms with Crippen LogP contribution in [0.2, 0.25) is 0 Å². The number of rotatable bonds is 6. The molecule has 2 N–H and O–H groups in total. The van der Waals surface area contributed by atoms with Gasteiger partial charge in [0, 0.05) is 25.4 Å². The maximum absolute atomic E-state index is 13.1. The van der Waals surface area contributed by atoms with E-state index in [4.69, 9.17) is 9.15 Å². The van der Waals surface area contributed by atoms with Gasteiger partial charge in [-0.15, -0.1) is 0 Å². The Labute approximate surface area is 183 Å². The first-order chi connectivity index (χ1) is 15.0. The fraction of sp³-hybridized carbons (Fsp3) is 0.474. The highest BCUT2D eigenvalue weighted by molar-refractivity contribution is 7.87. The summed E-state index contributed by atoms with van der Waals surface area (Å²) < 4.78 is 77.5. The van der Waals surface area contributed by atoms with Gasteiger partial charge < -0.3 is 14.5 Å². The van der Waals surface area contributed by atoms with Crippen LogP contribution in [0.1, 0.15) is 47.8 Å². The number of carbonyl (C=O) groups excluding carboxylic acids is 1. The van der Waals surface area contributed by atoms with Gasteiger partial charge in [-0.25, -0.2) is 4.72 Å². The van der Waals surface area contributed by atoms with Gasteiger partial charge in [0.1, 0.15) is 6.26 Å². The Morgan fingerprint density at radius 1 is 1.22 bits per heavy atom. The third kappa shape index (κ3) is 5.78. The standard InChI is InChI=1S/C19H23F3N4O5S/c1-12(2)14-5-4-13(19(20,21)22)10-15(14)23-18-24-16(11-31-18)17(27)25-32(28,29)26-6-3-8-30-9-7-26/h4-5,10-12H,3,6-9H2,1-2H3,(H,23,24)(H,25,27). The Morgan fingerprint density at radius 3 is 2.66 bits per heavy atom. The lowest BCUT2D eigenvalue weighted by atomic mass is 9.99. The summed E-state index contributed by atoms with van der Waals surface area (Å²) in [5, 5.41) is 2.64. The van der Waals surface area contributed by atoms with Crippen LogP contribution < -0.4 is 10.0 Å². The zero-order valence-corrected chi connectivity index (χ0v) is 18.2. The van der Waals surface area contributed by atoms with E-state index in [1.165, 1.54) is 6.07 Å². The first-order valence-electron chi connectivity index (χ1n) is 9.81. The van der Waals surface area contributed by atoms with Gasteiger partial charge >= 0.3 is 16.4 Å². The van der Waals surface area contributed by atoms with Gasteiger partial charge in [0.15, 0.2) is 5.69 Å². The second-order valence-electron chi connectivity index (χ2n) is 7.42. The third-order valence-electron chi connectivity index (χ3n) is 4.72. The molecule has 1 aliphatic heterocycles. The Bertz CT molecular complexity index is 1060. The van der Waals surface area contributed by atoms with Crippen LogP contribution in [0.5, 0.6) is 0 Å². The van der Waals surface area contributed by atoms with E-state index >= 15 is 0 Å². The van der Waals surface area contributed by atoms with Crippen molar-refractivity contribution in [2.24, 2.45) is 0 Å². The van der Waals surface area contributed by atoms with Crippen LogP contribution in [0.15, 0.2) is 28.9 Å². The second-order valence-corrected chi connectivity index (χ2v) is 9.09. The van der Waals surface area contributed by atoms with Crippen LogP contribution in [0.3, 0.4) is 0 Å². The fourth-order valence-corrected chi connectivity index (χ4v) is 4.24. The largest absolute Gasteiger partial charge is 0.431 e. The second kappa shape index (κ2) is 9.46. The predicted molar refractivity (Wildman–Crippen MR) is 109 cm³/mol. The zero-order chi connectivity index (χ0) is 23.5. The Hall–Kier alpha value is -2.64. The summed E-state index contributed by atoms with van der Waals surface area (Å²) in [5.74, 6) is -1.14. The molecule has 0 radical (unpaired) electrons. The van der Waals surface area contributed by atoms with E-state index in [0.717, 1.165) is 22.7 Å². The van der Waals surface area contributed by atoms with Crippen LogP contribution in [0.25, 0.3) is 0 Å². The van der Waals surface area contributed by atoms with Crippen LogP contribution in [0.4, 0.5) is 24.9 Å². The molecule has 9 nitrogen and oxygen atoms in total. The van der Waals surface area contributed by atoms with Crippen molar-refractivity contribution in [3.8, 4) is 0 Å². The first-order valence-corrected chi connectivity index (χ1v) is 11.2. The normalized spacial score (nSPS) is 16.1. The minimum Gasteiger partial charge on any atom is -0.431 e. The number of hydrogen-bond acceptors (Lipinski definition) is 7. The molecule has 0 unspecified atom stereocenters. The highest BCUT2D eigenvalue weighted by atomic mass is 32.2. The number of aromatic nitrogens is 1. The van der Waals surface area contributed by atoms with Crippen LogP contribution in [-0.2, 0) is 21.1 Å². The average Bonchev–Trinajstić information content (AvgIpc) is 2.98. The van der Waals surface area contributed by atoms with Crippen molar-refractivity contribution in [2.45, 2.75) is 32.4 Å². The van der Waals surface area contributed by atoms with E-state index in [1.54, 1.807) is 13.8 Å². The van der Waals surface area contributed by atoms with E-state index in [2.05, 4.69) is 10.3 Å². The van der Waals surface area contributed by atoms with Crippen molar-refractivity contribution in [3.63, 3.8) is 0 Å². The number of benzene rings is 1. The quantitative estimate of drug-likeness (QED) is 0.658. The fourth-order valence-electron chi connectivity index (χ4n) is 3.09. The van der Waals surface area contributed by atoms with E-state index in [-0.39, 0.29) is 43.0 Å². The van der Waals surface area contributed by atoms with Crippen LogP contribution in [0, 0.1) is 0 Å². The first kappa shape index (κ1) is 24.0. The molecule has 1 fully saturated rings. The lowest BCUT2D eigenvalue weighted by molar-refractivity contribution is -0.137. The Morgan fingerprint density at radius 2 is 1.97 bits per heavy atom. The SMILES string of the molecule is CC(C)c1ccc(C(F)(F)F)cc1Nc1nc(C(=O)NS(=O)(=O)N2CCCOCC2)co1. The number of hydrogen-bond donors (Lipinski definition) is 2.